The molecule has 11 nitrogen and oxygen atoms in total. The van der Waals surface area contributed by atoms with Gasteiger partial charge in [-0.15, -0.1) is 0 Å². The Kier molecular flexibility index (Phi) is 6.59. The fourth-order valence-corrected chi connectivity index (χ4v) is 3.92. The van der Waals surface area contributed by atoms with E-state index >= 15 is 0 Å². The average molecular weight is 470 g/mol. The summed E-state index contributed by atoms with van der Waals surface area (Å²) in [6, 6.07) is 7.01. The number of aliphatic hydroxyl groups is 1. The van der Waals surface area contributed by atoms with E-state index in [1.807, 2.05) is 6.07 Å². The predicted molar refractivity (Wildman–Crippen MR) is 120 cm³/mol. The fourth-order valence-electron chi connectivity index (χ4n) is 3.92. The van der Waals surface area contributed by atoms with Crippen molar-refractivity contribution in [2.24, 2.45) is 0 Å². The molecule has 1 atom stereocenters. The minimum absolute atomic E-state index is 0.00506. The second-order valence-corrected chi connectivity index (χ2v) is 8.06. The summed E-state index contributed by atoms with van der Waals surface area (Å²) >= 11 is 0. The van der Waals surface area contributed by atoms with Crippen molar-refractivity contribution in [1.82, 2.24) is 19.9 Å². The number of aromatic nitrogens is 3. The monoisotopic (exact) mass is 470 g/mol. The van der Waals surface area contributed by atoms with E-state index < -0.39 is 12.4 Å². The van der Waals surface area contributed by atoms with Gasteiger partial charge < -0.3 is 38.7 Å². The Morgan fingerprint density at radius 1 is 1.15 bits per heavy atom. The first-order chi connectivity index (χ1) is 16.6. The van der Waals surface area contributed by atoms with E-state index in [1.165, 1.54) is 10.8 Å². The number of pyridine rings is 1. The van der Waals surface area contributed by atoms with Crippen LogP contribution in [0.25, 0.3) is 11.0 Å². The Labute approximate surface area is 195 Å². The Hall–Kier alpha value is -3.25. The molecule has 1 fully saturated rings. The van der Waals surface area contributed by atoms with Crippen LogP contribution >= 0.6 is 0 Å². The summed E-state index contributed by atoms with van der Waals surface area (Å²) in [5, 5.41) is 14.1. The number of benzene rings is 1. The Balaban J connectivity index is 1.17. The van der Waals surface area contributed by atoms with Gasteiger partial charge in [-0.1, -0.05) is 0 Å². The lowest BCUT2D eigenvalue weighted by atomic mass is 10.2. The summed E-state index contributed by atoms with van der Waals surface area (Å²) in [5.74, 6) is 1.93. The number of nitrogens with zero attached hydrogens (tertiary/aromatic N) is 3. The van der Waals surface area contributed by atoms with Crippen LogP contribution in [0.4, 0.5) is 0 Å². The molecule has 4 heterocycles. The van der Waals surface area contributed by atoms with Crippen LogP contribution in [0.3, 0.4) is 0 Å². The lowest BCUT2D eigenvalue weighted by molar-refractivity contribution is -0.233. The number of nitrogens with one attached hydrogen (secondary N) is 1. The van der Waals surface area contributed by atoms with E-state index in [0.29, 0.717) is 61.3 Å². The van der Waals surface area contributed by atoms with Crippen LogP contribution in [0, 0.1) is 0 Å². The second-order valence-electron chi connectivity index (χ2n) is 8.06. The van der Waals surface area contributed by atoms with Crippen LogP contribution in [-0.4, -0.2) is 71.6 Å². The molecule has 11 heteroatoms. The van der Waals surface area contributed by atoms with Gasteiger partial charge in [-0.2, -0.15) is 0 Å². The quantitative estimate of drug-likeness (QED) is 0.503. The largest absolute Gasteiger partial charge is 0.497 e. The average Bonchev–Trinajstić information content (AvgIpc) is 2.89. The standard InChI is InChI=1S/C23H26N4O7/c1-30-16-2-3-17-18(7-16)27(22(29)10-26-17)11-19(28)23-33-12-15(13-34-23)24-8-14-6-20-21(9-25-14)32-5-4-31-20/h2-3,6-7,9-10,15,19,23-24,28H,4-5,8,11-13H2,1H3. The highest BCUT2D eigenvalue weighted by atomic mass is 16.7. The molecule has 0 amide bonds. The maximum Gasteiger partial charge on any atom is 0.269 e. The minimum Gasteiger partial charge on any atom is -0.497 e. The normalized spacial score (nSPS) is 20.8. The highest BCUT2D eigenvalue weighted by molar-refractivity contribution is 5.76. The van der Waals surface area contributed by atoms with Gasteiger partial charge in [0.05, 0.1) is 62.0 Å². The summed E-state index contributed by atoms with van der Waals surface area (Å²) in [6.45, 7) is 2.22. The van der Waals surface area contributed by atoms with Gasteiger partial charge in [0.15, 0.2) is 17.8 Å². The molecule has 0 radical (unpaired) electrons. The molecule has 2 aliphatic heterocycles. The first-order valence-electron chi connectivity index (χ1n) is 11.0. The molecule has 2 aliphatic rings. The van der Waals surface area contributed by atoms with Crippen molar-refractivity contribution in [2.75, 3.05) is 33.5 Å². The number of fused-ring (bicyclic) bond motifs is 2. The van der Waals surface area contributed by atoms with E-state index in [1.54, 1.807) is 31.5 Å². The zero-order valence-electron chi connectivity index (χ0n) is 18.7. The van der Waals surface area contributed by atoms with Crippen LogP contribution < -0.4 is 25.1 Å². The highest BCUT2D eigenvalue weighted by Crippen LogP contribution is 2.29. The lowest BCUT2D eigenvalue weighted by Gasteiger charge is -2.32. The zero-order chi connectivity index (χ0) is 23.5. The molecule has 3 aromatic rings. The van der Waals surface area contributed by atoms with E-state index in [0.717, 1.165) is 5.69 Å². The molecule has 34 heavy (non-hydrogen) atoms. The second kappa shape index (κ2) is 9.94. The van der Waals surface area contributed by atoms with E-state index in [2.05, 4.69) is 15.3 Å². The van der Waals surface area contributed by atoms with Gasteiger partial charge >= 0.3 is 0 Å². The van der Waals surface area contributed by atoms with Crippen molar-refractivity contribution < 1.29 is 28.8 Å². The van der Waals surface area contributed by atoms with Crippen LogP contribution in [0.1, 0.15) is 5.69 Å². The maximum atomic E-state index is 12.4. The summed E-state index contributed by atoms with van der Waals surface area (Å²) in [5.41, 5.74) is 1.66. The number of methoxy groups -OCH3 is 1. The highest BCUT2D eigenvalue weighted by Gasteiger charge is 2.29. The molecule has 180 valence electrons. The first kappa shape index (κ1) is 22.5. The Bertz CT molecular complexity index is 1210. The topological polar surface area (TPSA) is 126 Å². The molecular formula is C23H26N4O7. The zero-order valence-corrected chi connectivity index (χ0v) is 18.7. The van der Waals surface area contributed by atoms with E-state index in [9.17, 15) is 9.90 Å². The van der Waals surface area contributed by atoms with Crippen LogP contribution in [0.5, 0.6) is 17.2 Å². The molecular weight excluding hydrogens is 444 g/mol. The van der Waals surface area contributed by atoms with Crippen molar-refractivity contribution in [2.45, 2.75) is 31.5 Å². The molecule has 0 saturated carbocycles. The smallest absolute Gasteiger partial charge is 0.269 e. The summed E-state index contributed by atoms with van der Waals surface area (Å²) in [7, 11) is 1.55. The first-order valence-corrected chi connectivity index (χ1v) is 11.0. The van der Waals surface area contributed by atoms with Crippen molar-refractivity contribution in [3.05, 3.63) is 52.7 Å². The molecule has 1 unspecified atom stereocenters. The van der Waals surface area contributed by atoms with Crippen molar-refractivity contribution in [1.29, 1.82) is 0 Å². The summed E-state index contributed by atoms with van der Waals surface area (Å²) in [6.07, 6.45) is 0.989. The van der Waals surface area contributed by atoms with Crippen molar-refractivity contribution in [3.8, 4) is 17.2 Å². The number of aliphatic hydroxyl groups excluding tert-OH is 1. The van der Waals surface area contributed by atoms with Gasteiger partial charge in [0.25, 0.3) is 5.56 Å². The van der Waals surface area contributed by atoms with Crippen LogP contribution in [0.15, 0.2) is 41.5 Å². The van der Waals surface area contributed by atoms with Crippen LogP contribution in [-0.2, 0) is 22.6 Å². The van der Waals surface area contributed by atoms with E-state index in [4.69, 9.17) is 23.7 Å². The predicted octanol–water partition coefficient (Wildman–Crippen LogP) is 0.464. The molecule has 2 aromatic heterocycles. The third-order valence-electron chi connectivity index (χ3n) is 5.72. The van der Waals surface area contributed by atoms with Gasteiger partial charge in [0.1, 0.15) is 25.1 Å². The molecule has 1 aromatic carbocycles. The van der Waals surface area contributed by atoms with Gasteiger partial charge in [-0.3, -0.25) is 9.78 Å². The van der Waals surface area contributed by atoms with Gasteiger partial charge in [-0.05, 0) is 12.1 Å². The molecule has 5 rings (SSSR count). The third-order valence-corrected chi connectivity index (χ3v) is 5.72. The van der Waals surface area contributed by atoms with E-state index in [-0.39, 0.29) is 18.1 Å². The number of rotatable bonds is 7. The van der Waals surface area contributed by atoms with Gasteiger partial charge in [-0.25, -0.2) is 4.98 Å². The third kappa shape index (κ3) is 4.82. The maximum absolute atomic E-state index is 12.4. The molecule has 0 aliphatic carbocycles. The number of ether oxygens (including phenoxy) is 5. The SMILES string of the molecule is COc1ccc2ncc(=O)n(CC(O)C3OCC(NCc4cc5c(cn4)OCCO5)CO3)c2c1. The van der Waals surface area contributed by atoms with Crippen molar-refractivity contribution >= 4 is 11.0 Å². The van der Waals surface area contributed by atoms with Crippen LogP contribution in [0.2, 0.25) is 0 Å². The lowest BCUT2D eigenvalue weighted by Crippen LogP contribution is -2.49. The minimum atomic E-state index is -1.05. The Morgan fingerprint density at radius 2 is 1.94 bits per heavy atom. The molecule has 2 N–H and O–H groups in total. The molecule has 1 saturated heterocycles. The van der Waals surface area contributed by atoms with Crippen molar-refractivity contribution in [3.63, 3.8) is 0 Å². The molecule has 0 bridgehead atoms. The fraction of sp³-hybridized carbons (Fsp3) is 0.435. The summed E-state index contributed by atoms with van der Waals surface area (Å²) < 4.78 is 29.3. The summed E-state index contributed by atoms with van der Waals surface area (Å²) in [4.78, 5) is 21.0. The van der Waals surface area contributed by atoms with Gasteiger partial charge in [0.2, 0.25) is 0 Å². The molecule has 0 spiro atoms. The number of hydrogen-bond acceptors (Lipinski definition) is 10. The van der Waals surface area contributed by atoms with Gasteiger partial charge in [0, 0.05) is 18.7 Å². The number of hydrogen-bond donors (Lipinski definition) is 2. The Morgan fingerprint density at radius 3 is 2.74 bits per heavy atom.